The highest BCUT2D eigenvalue weighted by atomic mass is 19.4. The first-order valence-corrected chi connectivity index (χ1v) is 7.17. The molecule has 1 aromatic carbocycles. The predicted octanol–water partition coefficient (Wildman–Crippen LogP) is 2.45. The first-order chi connectivity index (χ1) is 11.0. The number of fused-ring (bicyclic) bond motifs is 3. The molecule has 0 fully saturated rings. The number of hydrogen-bond donors (Lipinski definition) is 2. The standard InChI is InChI=1S/C14H15F3N6/c15-14(16,17)13-22-21-12-11(19-8-4-3-7-18)20-9-5-1-2-6-10(9)23(12)13/h1-2,5-6H,3-4,7-8,18H2,(H,19,20). The molecule has 0 unspecified atom stereocenters. The van der Waals surface area contributed by atoms with Gasteiger partial charge in [-0.15, -0.1) is 10.2 Å². The average Bonchev–Trinajstić information content (AvgIpc) is 2.97. The fraction of sp³-hybridized carbons (Fsp3) is 0.357. The van der Waals surface area contributed by atoms with Crippen molar-refractivity contribution in [3.8, 4) is 0 Å². The number of halogens is 3. The molecule has 9 heteroatoms. The largest absolute Gasteiger partial charge is 0.452 e. The van der Waals surface area contributed by atoms with E-state index in [1.807, 2.05) is 0 Å². The second kappa shape index (κ2) is 5.99. The van der Waals surface area contributed by atoms with Crippen LogP contribution in [0.2, 0.25) is 0 Å². The summed E-state index contributed by atoms with van der Waals surface area (Å²) >= 11 is 0. The van der Waals surface area contributed by atoms with Crippen molar-refractivity contribution in [3.63, 3.8) is 0 Å². The summed E-state index contributed by atoms with van der Waals surface area (Å²) in [6.07, 6.45) is -2.99. The minimum atomic E-state index is -4.60. The summed E-state index contributed by atoms with van der Waals surface area (Å²) in [5.41, 5.74) is 6.24. The number of unbranched alkanes of at least 4 members (excludes halogenated alkanes) is 1. The zero-order valence-electron chi connectivity index (χ0n) is 12.1. The van der Waals surface area contributed by atoms with Crippen LogP contribution in [0, 0.1) is 0 Å². The molecule has 23 heavy (non-hydrogen) atoms. The van der Waals surface area contributed by atoms with Crippen LogP contribution >= 0.6 is 0 Å². The van der Waals surface area contributed by atoms with Gasteiger partial charge in [0.25, 0.3) is 0 Å². The van der Waals surface area contributed by atoms with Crippen molar-refractivity contribution in [2.24, 2.45) is 5.73 Å². The molecule has 3 aromatic rings. The molecule has 0 bridgehead atoms. The highest BCUT2D eigenvalue weighted by molar-refractivity contribution is 5.82. The van der Waals surface area contributed by atoms with Gasteiger partial charge in [0.15, 0.2) is 5.82 Å². The Hall–Kier alpha value is -2.42. The van der Waals surface area contributed by atoms with E-state index in [4.69, 9.17) is 5.73 Å². The third-order valence-corrected chi connectivity index (χ3v) is 3.41. The van der Waals surface area contributed by atoms with Gasteiger partial charge >= 0.3 is 6.18 Å². The summed E-state index contributed by atoms with van der Waals surface area (Å²) in [4.78, 5) is 4.36. The molecule has 122 valence electrons. The van der Waals surface area contributed by atoms with E-state index in [1.165, 1.54) is 0 Å². The molecule has 0 radical (unpaired) electrons. The number of benzene rings is 1. The third kappa shape index (κ3) is 2.91. The van der Waals surface area contributed by atoms with Gasteiger partial charge in [-0.1, -0.05) is 12.1 Å². The molecule has 2 aromatic heterocycles. The van der Waals surface area contributed by atoms with Crippen LogP contribution in [-0.2, 0) is 6.18 Å². The Morgan fingerprint density at radius 3 is 2.65 bits per heavy atom. The number of hydrogen-bond acceptors (Lipinski definition) is 5. The minimum Gasteiger partial charge on any atom is -0.367 e. The molecular formula is C14H15F3N6. The lowest BCUT2D eigenvalue weighted by Gasteiger charge is -2.11. The molecule has 0 spiro atoms. The smallest absolute Gasteiger partial charge is 0.367 e. The summed E-state index contributed by atoms with van der Waals surface area (Å²) in [7, 11) is 0. The highest BCUT2D eigenvalue weighted by Gasteiger charge is 2.38. The van der Waals surface area contributed by atoms with Gasteiger partial charge in [-0.25, -0.2) is 4.98 Å². The van der Waals surface area contributed by atoms with Crippen LogP contribution in [-0.4, -0.2) is 32.7 Å². The van der Waals surface area contributed by atoms with Crippen LogP contribution in [0.15, 0.2) is 24.3 Å². The Morgan fingerprint density at radius 1 is 1.13 bits per heavy atom. The Balaban J connectivity index is 2.15. The van der Waals surface area contributed by atoms with Crippen LogP contribution in [0.4, 0.5) is 19.0 Å². The number of nitrogens with two attached hydrogens (primary N) is 1. The highest BCUT2D eigenvalue weighted by Crippen LogP contribution is 2.31. The van der Waals surface area contributed by atoms with Gasteiger partial charge in [-0.05, 0) is 31.5 Å². The number of alkyl halides is 3. The van der Waals surface area contributed by atoms with Crippen molar-refractivity contribution in [1.82, 2.24) is 19.6 Å². The maximum Gasteiger partial charge on any atom is 0.452 e. The Kier molecular flexibility index (Phi) is 4.03. The number of anilines is 1. The molecule has 0 atom stereocenters. The lowest BCUT2D eigenvalue weighted by molar-refractivity contribution is -0.145. The maximum absolute atomic E-state index is 13.2. The summed E-state index contributed by atoms with van der Waals surface area (Å²) in [6.45, 7) is 1.11. The molecular weight excluding hydrogens is 309 g/mol. The minimum absolute atomic E-state index is 0.0590. The molecule has 0 aliphatic heterocycles. The van der Waals surface area contributed by atoms with E-state index in [9.17, 15) is 13.2 Å². The van der Waals surface area contributed by atoms with Crippen molar-refractivity contribution >= 4 is 22.5 Å². The molecule has 2 heterocycles. The van der Waals surface area contributed by atoms with Gasteiger partial charge in [0.1, 0.15) is 0 Å². The summed E-state index contributed by atoms with van der Waals surface area (Å²) < 4.78 is 40.5. The van der Waals surface area contributed by atoms with Gasteiger partial charge < -0.3 is 11.1 Å². The second-order valence-electron chi connectivity index (χ2n) is 5.05. The second-order valence-corrected chi connectivity index (χ2v) is 5.05. The van der Waals surface area contributed by atoms with E-state index in [-0.39, 0.29) is 11.5 Å². The zero-order chi connectivity index (χ0) is 16.4. The predicted molar refractivity (Wildman–Crippen MR) is 80.1 cm³/mol. The van der Waals surface area contributed by atoms with Gasteiger partial charge in [-0.3, -0.25) is 4.40 Å². The molecule has 0 amide bonds. The number of aromatic nitrogens is 4. The lowest BCUT2D eigenvalue weighted by atomic mass is 10.3. The fourth-order valence-electron chi connectivity index (χ4n) is 2.36. The van der Waals surface area contributed by atoms with Crippen molar-refractivity contribution in [3.05, 3.63) is 30.1 Å². The third-order valence-electron chi connectivity index (χ3n) is 3.41. The summed E-state index contributed by atoms with van der Waals surface area (Å²) in [5.74, 6) is -0.778. The zero-order valence-corrected chi connectivity index (χ0v) is 12.1. The van der Waals surface area contributed by atoms with Crippen molar-refractivity contribution in [1.29, 1.82) is 0 Å². The number of rotatable bonds is 5. The average molecular weight is 324 g/mol. The monoisotopic (exact) mass is 324 g/mol. The summed E-state index contributed by atoms with van der Waals surface area (Å²) in [5, 5.41) is 10.0. The van der Waals surface area contributed by atoms with Gasteiger partial charge in [-0.2, -0.15) is 13.2 Å². The van der Waals surface area contributed by atoms with Crippen LogP contribution < -0.4 is 11.1 Å². The van der Waals surface area contributed by atoms with Crippen molar-refractivity contribution < 1.29 is 13.2 Å². The van der Waals surface area contributed by atoms with Crippen LogP contribution in [0.25, 0.3) is 16.7 Å². The van der Waals surface area contributed by atoms with Crippen LogP contribution in [0.3, 0.4) is 0 Å². The number of nitrogens with one attached hydrogen (secondary N) is 1. The van der Waals surface area contributed by atoms with Crippen molar-refractivity contribution in [2.45, 2.75) is 19.0 Å². The Labute approximate surface area is 129 Å². The van der Waals surface area contributed by atoms with Gasteiger partial charge in [0, 0.05) is 6.54 Å². The van der Waals surface area contributed by atoms with E-state index in [0.717, 1.165) is 17.2 Å². The lowest BCUT2D eigenvalue weighted by Crippen LogP contribution is -2.13. The van der Waals surface area contributed by atoms with E-state index < -0.39 is 12.0 Å². The van der Waals surface area contributed by atoms with E-state index >= 15 is 0 Å². The maximum atomic E-state index is 13.2. The summed E-state index contributed by atoms with van der Waals surface area (Å²) in [6, 6.07) is 6.58. The molecule has 3 N–H and O–H groups in total. The van der Waals surface area contributed by atoms with Crippen LogP contribution in [0.5, 0.6) is 0 Å². The normalized spacial score (nSPS) is 12.2. The van der Waals surface area contributed by atoms with Crippen LogP contribution in [0.1, 0.15) is 18.7 Å². The molecule has 0 saturated carbocycles. The number of para-hydroxylation sites is 2. The van der Waals surface area contributed by atoms with E-state index in [2.05, 4.69) is 20.5 Å². The topological polar surface area (TPSA) is 81.1 Å². The van der Waals surface area contributed by atoms with Gasteiger partial charge in [0.2, 0.25) is 11.5 Å². The molecule has 3 rings (SSSR count). The molecule has 0 aliphatic rings. The Bertz CT molecular complexity index is 826. The Morgan fingerprint density at radius 2 is 1.91 bits per heavy atom. The molecule has 0 saturated heterocycles. The van der Waals surface area contributed by atoms with Crippen molar-refractivity contribution in [2.75, 3.05) is 18.4 Å². The molecule has 6 nitrogen and oxygen atoms in total. The fourth-order valence-corrected chi connectivity index (χ4v) is 2.36. The molecule has 0 aliphatic carbocycles. The van der Waals surface area contributed by atoms with E-state index in [1.54, 1.807) is 24.3 Å². The number of nitrogens with zero attached hydrogens (tertiary/aromatic N) is 4. The first kappa shape index (κ1) is 15.5. The van der Waals surface area contributed by atoms with Gasteiger partial charge in [0.05, 0.1) is 11.0 Å². The SMILES string of the molecule is NCCCCNc1nc2ccccc2n2c(C(F)(F)F)nnc12. The first-order valence-electron chi connectivity index (χ1n) is 7.17. The quantitative estimate of drug-likeness (QED) is 0.705. The van der Waals surface area contributed by atoms with E-state index in [0.29, 0.717) is 24.1 Å².